The fourth-order valence-corrected chi connectivity index (χ4v) is 2.57. The summed E-state index contributed by atoms with van der Waals surface area (Å²) >= 11 is 0. The second kappa shape index (κ2) is 8.21. The van der Waals surface area contributed by atoms with Gasteiger partial charge in [-0.1, -0.05) is 12.1 Å². The Morgan fingerprint density at radius 1 is 1.24 bits per heavy atom. The number of anilines is 1. The number of aromatic hydroxyl groups is 1. The highest BCUT2D eigenvalue weighted by Gasteiger charge is 2.16. The highest BCUT2D eigenvalue weighted by Crippen LogP contribution is 2.28. The molecule has 0 aliphatic carbocycles. The number of non-ortho nitro benzene ring substituents is 1. The summed E-state index contributed by atoms with van der Waals surface area (Å²) in [4.78, 5) is 41.3. The second-order valence-electron chi connectivity index (χ2n) is 6.01. The van der Waals surface area contributed by atoms with E-state index in [9.17, 15) is 24.8 Å². The highest BCUT2D eigenvalue weighted by molar-refractivity contribution is 6.03. The molecular formula is C19H16N4O6. The van der Waals surface area contributed by atoms with Crippen LogP contribution in [0, 0.1) is 10.1 Å². The number of nitrogens with zero attached hydrogens (tertiary/aromatic N) is 2. The van der Waals surface area contributed by atoms with Crippen LogP contribution in [0.4, 0.5) is 11.4 Å². The molecule has 1 aromatic heterocycles. The third-order valence-electron chi connectivity index (χ3n) is 3.99. The molecule has 0 aliphatic rings. The molecule has 29 heavy (non-hydrogen) atoms. The number of carbonyl (C=O) groups excluding carboxylic acids is 1. The summed E-state index contributed by atoms with van der Waals surface area (Å²) in [6.07, 6.45) is 0.266. The minimum atomic E-state index is -0.789. The minimum absolute atomic E-state index is 0.164. The van der Waals surface area contributed by atoms with E-state index >= 15 is 0 Å². The topological polar surface area (TPSA) is 147 Å². The number of hydrogen-bond donors (Lipinski definition) is 3. The monoisotopic (exact) mass is 396 g/mol. The van der Waals surface area contributed by atoms with E-state index in [1.165, 1.54) is 0 Å². The van der Waals surface area contributed by atoms with E-state index in [4.69, 9.17) is 4.74 Å². The summed E-state index contributed by atoms with van der Waals surface area (Å²) in [7, 11) is 1.55. The van der Waals surface area contributed by atoms with Gasteiger partial charge in [-0.25, -0.2) is 4.98 Å². The normalized spacial score (nSPS) is 10.4. The van der Waals surface area contributed by atoms with Gasteiger partial charge in [-0.2, -0.15) is 0 Å². The maximum absolute atomic E-state index is 12.5. The van der Waals surface area contributed by atoms with Crippen LogP contribution in [0.15, 0.2) is 53.3 Å². The summed E-state index contributed by atoms with van der Waals surface area (Å²) in [6, 6.07) is 11.3. The number of nitro benzene ring substituents is 1. The SMILES string of the molecule is COc1ccc(Cc2nc(C(=O)Nc3cc([N+](=O)[O-])ccc3O)cc(=O)[nH]2)cc1. The smallest absolute Gasteiger partial charge is 0.274 e. The lowest BCUT2D eigenvalue weighted by Crippen LogP contribution is -2.20. The van der Waals surface area contributed by atoms with Crippen molar-refractivity contribution in [2.45, 2.75) is 6.42 Å². The van der Waals surface area contributed by atoms with Gasteiger partial charge in [0.1, 0.15) is 23.0 Å². The van der Waals surface area contributed by atoms with E-state index in [2.05, 4.69) is 15.3 Å². The van der Waals surface area contributed by atoms with Crippen LogP contribution in [0.1, 0.15) is 21.9 Å². The molecule has 0 atom stereocenters. The number of carbonyl (C=O) groups is 1. The average Bonchev–Trinajstić information content (AvgIpc) is 2.69. The van der Waals surface area contributed by atoms with Crippen molar-refractivity contribution in [3.05, 3.63) is 86.1 Å². The Balaban J connectivity index is 1.83. The Morgan fingerprint density at radius 3 is 2.62 bits per heavy atom. The molecule has 0 spiro atoms. The number of ether oxygens (including phenoxy) is 1. The number of methoxy groups -OCH3 is 1. The number of rotatable bonds is 6. The molecule has 0 saturated heterocycles. The van der Waals surface area contributed by atoms with Crippen LogP contribution < -0.4 is 15.6 Å². The van der Waals surface area contributed by atoms with Gasteiger partial charge in [-0.3, -0.25) is 19.7 Å². The maximum atomic E-state index is 12.5. The first kappa shape index (κ1) is 19.5. The highest BCUT2D eigenvalue weighted by atomic mass is 16.6. The number of benzene rings is 2. The number of H-pyrrole nitrogens is 1. The Morgan fingerprint density at radius 2 is 1.97 bits per heavy atom. The summed E-state index contributed by atoms with van der Waals surface area (Å²) in [5, 5.41) is 23.0. The summed E-state index contributed by atoms with van der Waals surface area (Å²) in [6.45, 7) is 0. The van der Waals surface area contributed by atoms with Crippen molar-refractivity contribution in [3.63, 3.8) is 0 Å². The molecule has 3 aromatic rings. The summed E-state index contributed by atoms with van der Waals surface area (Å²) < 4.78 is 5.09. The Labute approximate surface area is 164 Å². The van der Waals surface area contributed by atoms with Gasteiger partial charge in [0, 0.05) is 24.6 Å². The number of phenolic OH excluding ortho intramolecular Hbond substituents is 1. The number of aromatic amines is 1. The lowest BCUT2D eigenvalue weighted by molar-refractivity contribution is -0.384. The number of hydrogen-bond acceptors (Lipinski definition) is 7. The van der Waals surface area contributed by atoms with E-state index < -0.39 is 16.4 Å². The predicted octanol–water partition coefficient (Wildman–Crippen LogP) is 2.24. The zero-order chi connectivity index (χ0) is 21.0. The molecule has 10 nitrogen and oxygen atoms in total. The number of nitrogens with one attached hydrogen (secondary N) is 2. The van der Waals surface area contributed by atoms with E-state index in [0.717, 1.165) is 29.8 Å². The summed E-state index contributed by atoms with van der Waals surface area (Å²) in [5.41, 5.74) is -0.358. The molecular weight excluding hydrogens is 380 g/mol. The average molecular weight is 396 g/mol. The number of amides is 1. The van der Waals surface area contributed by atoms with Crippen molar-refractivity contribution in [1.29, 1.82) is 0 Å². The first-order valence-electron chi connectivity index (χ1n) is 8.37. The van der Waals surface area contributed by atoms with Crippen LogP contribution in [0.5, 0.6) is 11.5 Å². The number of nitro groups is 1. The van der Waals surface area contributed by atoms with Gasteiger partial charge in [0.05, 0.1) is 17.7 Å². The van der Waals surface area contributed by atoms with Crippen molar-refractivity contribution in [2.24, 2.45) is 0 Å². The third-order valence-corrected chi connectivity index (χ3v) is 3.99. The van der Waals surface area contributed by atoms with Gasteiger partial charge in [-0.15, -0.1) is 0 Å². The largest absolute Gasteiger partial charge is 0.506 e. The van der Waals surface area contributed by atoms with Gasteiger partial charge in [-0.05, 0) is 23.8 Å². The zero-order valence-electron chi connectivity index (χ0n) is 15.2. The molecule has 0 saturated carbocycles. The van der Waals surface area contributed by atoms with Crippen molar-refractivity contribution < 1.29 is 19.6 Å². The van der Waals surface area contributed by atoms with Gasteiger partial charge >= 0.3 is 0 Å². The van der Waals surface area contributed by atoms with Crippen molar-refractivity contribution >= 4 is 17.3 Å². The van der Waals surface area contributed by atoms with Gasteiger partial charge in [0.2, 0.25) is 0 Å². The minimum Gasteiger partial charge on any atom is -0.506 e. The molecule has 3 rings (SSSR count). The van der Waals surface area contributed by atoms with Crippen LogP contribution in [-0.4, -0.2) is 33.0 Å². The fraction of sp³-hybridized carbons (Fsp3) is 0.105. The molecule has 0 unspecified atom stereocenters. The molecule has 10 heteroatoms. The Kier molecular flexibility index (Phi) is 5.54. The Bertz CT molecular complexity index is 1120. The van der Waals surface area contributed by atoms with Crippen LogP contribution in [0.25, 0.3) is 0 Å². The molecule has 0 fully saturated rings. The van der Waals surface area contributed by atoms with Crippen molar-refractivity contribution in [1.82, 2.24) is 9.97 Å². The molecule has 148 valence electrons. The second-order valence-corrected chi connectivity index (χ2v) is 6.01. The lowest BCUT2D eigenvalue weighted by Gasteiger charge is -2.08. The molecule has 2 aromatic carbocycles. The number of aromatic nitrogens is 2. The number of phenols is 1. The Hall–Kier alpha value is -4.21. The van der Waals surface area contributed by atoms with Gasteiger partial charge in [0.15, 0.2) is 0 Å². The van der Waals surface area contributed by atoms with E-state index in [1.807, 2.05) is 0 Å². The standard InChI is InChI=1S/C19H16N4O6/c1-29-13-5-2-11(3-6-13)8-17-20-15(10-18(25)22-17)19(26)21-14-9-12(23(27)28)4-7-16(14)24/h2-7,9-10,24H,8H2,1H3,(H,21,26)(H,20,22,25). The van der Waals surface area contributed by atoms with Crippen molar-refractivity contribution in [3.8, 4) is 11.5 Å². The predicted molar refractivity (Wildman–Crippen MR) is 103 cm³/mol. The van der Waals surface area contributed by atoms with Crippen LogP contribution in [-0.2, 0) is 6.42 Å². The van der Waals surface area contributed by atoms with Crippen LogP contribution in [0.2, 0.25) is 0 Å². The molecule has 0 bridgehead atoms. The fourth-order valence-electron chi connectivity index (χ4n) is 2.57. The first-order chi connectivity index (χ1) is 13.9. The van der Waals surface area contributed by atoms with E-state index in [-0.39, 0.29) is 35.1 Å². The molecule has 0 aliphatic heterocycles. The molecule has 1 amide bonds. The molecule has 0 radical (unpaired) electrons. The van der Waals surface area contributed by atoms with E-state index in [0.29, 0.717) is 5.75 Å². The molecule has 3 N–H and O–H groups in total. The van der Waals surface area contributed by atoms with E-state index in [1.54, 1.807) is 31.4 Å². The van der Waals surface area contributed by atoms with Crippen LogP contribution in [0.3, 0.4) is 0 Å². The lowest BCUT2D eigenvalue weighted by atomic mass is 10.1. The first-order valence-corrected chi connectivity index (χ1v) is 8.37. The maximum Gasteiger partial charge on any atom is 0.274 e. The zero-order valence-corrected chi connectivity index (χ0v) is 15.2. The van der Waals surface area contributed by atoms with Gasteiger partial charge < -0.3 is 20.1 Å². The van der Waals surface area contributed by atoms with Crippen molar-refractivity contribution in [2.75, 3.05) is 12.4 Å². The van der Waals surface area contributed by atoms with Gasteiger partial charge in [0.25, 0.3) is 17.2 Å². The van der Waals surface area contributed by atoms with Crippen LogP contribution >= 0.6 is 0 Å². The third kappa shape index (κ3) is 4.75. The molecule has 1 heterocycles. The summed E-state index contributed by atoms with van der Waals surface area (Å²) in [5.74, 6) is -0.202. The quantitative estimate of drug-likeness (QED) is 0.329.